The molecule has 0 aliphatic carbocycles. The number of nitrogens with one attached hydrogen (secondary N) is 1. The molecule has 110 valence electrons. The number of hydrogen-bond acceptors (Lipinski definition) is 2. The fourth-order valence-corrected chi connectivity index (χ4v) is 2.02. The number of carbonyl (C=O) groups excluding carboxylic acids is 1. The molecular weight excluding hydrogens is 299 g/mol. The van der Waals surface area contributed by atoms with E-state index >= 15 is 0 Å². The summed E-state index contributed by atoms with van der Waals surface area (Å²) < 4.78 is 37.3. The lowest BCUT2D eigenvalue weighted by atomic mass is 10.1. The molecule has 0 fully saturated rings. The van der Waals surface area contributed by atoms with E-state index in [2.05, 4.69) is 17.9 Å². The Kier molecular flexibility index (Phi) is 4.57. The van der Waals surface area contributed by atoms with Crippen molar-refractivity contribution in [2.45, 2.75) is 17.6 Å². The molecule has 0 aliphatic heterocycles. The van der Waals surface area contributed by atoms with E-state index in [1.54, 1.807) is 24.3 Å². The average molecular weight is 311 g/mol. The highest BCUT2D eigenvalue weighted by molar-refractivity contribution is 7.80. The zero-order chi connectivity index (χ0) is 15.5. The van der Waals surface area contributed by atoms with E-state index in [1.807, 2.05) is 0 Å². The van der Waals surface area contributed by atoms with Crippen LogP contribution in [0.15, 0.2) is 53.4 Å². The minimum Gasteiger partial charge on any atom is -0.348 e. The molecule has 21 heavy (non-hydrogen) atoms. The molecule has 6 heteroatoms. The molecule has 0 spiro atoms. The summed E-state index contributed by atoms with van der Waals surface area (Å²) >= 11 is 4.18. The first kappa shape index (κ1) is 15.4. The van der Waals surface area contributed by atoms with Crippen LogP contribution in [0.5, 0.6) is 0 Å². The second-order valence-electron chi connectivity index (χ2n) is 4.39. The molecule has 0 unspecified atom stereocenters. The lowest BCUT2D eigenvalue weighted by Crippen LogP contribution is -2.23. The van der Waals surface area contributed by atoms with E-state index in [4.69, 9.17) is 0 Å². The molecule has 1 amide bonds. The summed E-state index contributed by atoms with van der Waals surface area (Å²) in [6, 6.07) is 11.5. The second kappa shape index (κ2) is 6.22. The van der Waals surface area contributed by atoms with Gasteiger partial charge in [0.15, 0.2) is 0 Å². The van der Waals surface area contributed by atoms with Crippen LogP contribution in [0.1, 0.15) is 21.5 Å². The zero-order valence-electron chi connectivity index (χ0n) is 10.8. The van der Waals surface area contributed by atoms with Crippen LogP contribution in [0.2, 0.25) is 0 Å². The minimum absolute atomic E-state index is 0.152. The van der Waals surface area contributed by atoms with Crippen LogP contribution in [0.3, 0.4) is 0 Å². The van der Waals surface area contributed by atoms with Gasteiger partial charge in [0.25, 0.3) is 5.91 Å². The third-order valence-corrected chi connectivity index (χ3v) is 3.27. The lowest BCUT2D eigenvalue weighted by molar-refractivity contribution is -0.137. The number of benzene rings is 2. The number of halogens is 3. The monoisotopic (exact) mass is 311 g/mol. The van der Waals surface area contributed by atoms with Crippen molar-refractivity contribution >= 4 is 18.5 Å². The van der Waals surface area contributed by atoms with Crippen LogP contribution >= 0.6 is 12.6 Å². The number of amides is 1. The van der Waals surface area contributed by atoms with Gasteiger partial charge in [-0.15, -0.1) is 12.6 Å². The van der Waals surface area contributed by atoms with E-state index in [-0.39, 0.29) is 12.5 Å². The molecule has 0 atom stereocenters. The largest absolute Gasteiger partial charge is 0.416 e. The standard InChI is InChI=1S/C15H12F3NOS/c16-15(17,18)11-7-5-10(6-8-11)9-19-14(20)12-3-1-2-4-13(12)21/h1-8,21H,9H2,(H,19,20). The van der Waals surface area contributed by atoms with Crippen molar-refractivity contribution in [3.63, 3.8) is 0 Å². The molecule has 2 aromatic rings. The first-order valence-corrected chi connectivity index (χ1v) is 6.55. The summed E-state index contributed by atoms with van der Waals surface area (Å²) in [6.45, 7) is 0.152. The maximum atomic E-state index is 12.4. The van der Waals surface area contributed by atoms with Gasteiger partial charge >= 0.3 is 6.18 Å². The minimum atomic E-state index is -4.35. The van der Waals surface area contributed by atoms with Crippen molar-refractivity contribution in [2.75, 3.05) is 0 Å². The van der Waals surface area contributed by atoms with Gasteiger partial charge < -0.3 is 5.32 Å². The summed E-state index contributed by atoms with van der Waals surface area (Å²) in [4.78, 5) is 12.5. The molecule has 0 saturated carbocycles. The van der Waals surface area contributed by atoms with Crippen LogP contribution < -0.4 is 5.32 Å². The van der Waals surface area contributed by atoms with Gasteiger partial charge in [-0.1, -0.05) is 24.3 Å². The Labute approximate surface area is 125 Å². The number of rotatable bonds is 3. The van der Waals surface area contributed by atoms with E-state index in [1.165, 1.54) is 12.1 Å². The van der Waals surface area contributed by atoms with Gasteiger partial charge in [0.2, 0.25) is 0 Å². The van der Waals surface area contributed by atoms with E-state index in [9.17, 15) is 18.0 Å². The van der Waals surface area contributed by atoms with Gasteiger partial charge in [0.05, 0.1) is 11.1 Å². The highest BCUT2D eigenvalue weighted by atomic mass is 32.1. The summed E-state index contributed by atoms with van der Waals surface area (Å²) in [5.74, 6) is -0.319. The highest BCUT2D eigenvalue weighted by Gasteiger charge is 2.29. The van der Waals surface area contributed by atoms with Crippen LogP contribution in [-0.4, -0.2) is 5.91 Å². The van der Waals surface area contributed by atoms with Crippen molar-refractivity contribution in [3.8, 4) is 0 Å². The summed E-state index contributed by atoms with van der Waals surface area (Å²) in [5.41, 5.74) is 0.305. The molecule has 0 saturated heterocycles. The van der Waals surface area contributed by atoms with Crippen molar-refractivity contribution in [3.05, 3.63) is 65.2 Å². The topological polar surface area (TPSA) is 29.1 Å². The Bertz CT molecular complexity index is 638. The second-order valence-corrected chi connectivity index (χ2v) is 4.88. The quantitative estimate of drug-likeness (QED) is 0.827. The Morgan fingerprint density at radius 2 is 1.67 bits per heavy atom. The molecule has 2 aromatic carbocycles. The molecule has 0 bridgehead atoms. The number of hydrogen-bond donors (Lipinski definition) is 2. The fraction of sp³-hybridized carbons (Fsp3) is 0.133. The maximum Gasteiger partial charge on any atom is 0.416 e. The molecule has 0 heterocycles. The van der Waals surface area contributed by atoms with Crippen molar-refractivity contribution in [1.82, 2.24) is 5.32 Å². The summed E-state index contributed by atoms with van der Waals surface area (Å²) in [5, 5.41) is 2.65. The van der Waals surface area contributed by atoms with Gasteiger partial charge in [0, 0.05) is 11.4 Å². The molecule has 2 nitrogen and oxygen atoms in total. The van der Waals surface area contributed by atoms with Gasteiger partial charge in [0.1, 0.15) is 0 Å². The van der Waals surface area contributed by atoms with Crippen LogP contribution in [0.25, 0.3) is 0 Å². The average Bonchev–Trinajstić information content (AvgIpc) is 2.45. The molecule has 1 N–H and O–H groups in total. The van der Waals surface area contributed by atoms with Crippen molar-refractivity contribution in [1.29, 1.82) is 0 Å². The predicted molar refractivity (Wildman–Crippen MR) is 76.3 cm³/mol. The maximum absolute atomic E-state index is 12.4. The summed E-state index contributed by atoms with van der Waals surface area (Å²) in [6.07, 6.45) is -4.35. The fourth-order valence-electron chi connectivity index (χ4n) is 1.75. The van der Waals surface area contributed by atoms with Crippen LogP contribution in [0.4, 0.5) is 13.2 Å². The molecule has 2 rings (SSSR count). The van der Waals surface area contributed by atoms with E-state index in [0.717, 1.165) is 12.1 Å². The van der Waals surface area contributed by atoms with Crippen molar-refractivity contribution in [2.24, 2.45) is 0 Å². The Hall–Kier alpha value is -1.95. The Morgan fingerprint density at radius 1 is 1.05 bits per heavy atom. The number of alkyl halides is 3. The van der Waals surface area contributed by atoms with E-state index < -0.39 is 11.7 Å². The van der Waals surface area contributed by atoms with Crippen LogP contribution in [0, 0.1) is 0 Å². The zero-order valence-corrected chi connectivity index (χ0v) is 11.7. The Morgan fingerprint density at radius 3 is 2.24 bits per heavy atom. The van der Waals surface area contributed by atoms with Gasteiger partial charge in [-0.25, -0.2) is 0 Å². The third kappa shape index (κ3) is 4.01. The highest BCUT2D eigenvalue weighted by Crippen LogP contribution is 2.29. The summed E-state index contributed by atoms with van der Waals surface area (Å²) in [7, 11) is 0. The first-order valence-electron chi connectivity index (χ1n) is 6.10. The third-order valence-electron chi connectivity index (χ3n) is 2.88. The molecule has 0 aromatic heterocycles. The van der Waals surface area contributed by atoms with Crippen molar-refractivity contribution < 1.29 is 18.0 Å². The number of carbonyl (C=O) groups is 1. The van der Waals surface area contributed by atoms with Crippen LogP contribution in [-0.2, 0) is 12.7 Å². The molecule has 0 aliphatic rings. The predicted octanol–water partition coefficient (Wildman–Crippen LogP) is 3.92. The van der Waals surface area contributed by atoms with E-state index in [0.29, 0.717) is 16.0 Å². The SMILES string of the molecule is O=C(NCc1ccc(C(F)(F)F)cc1)c1ccccc1S. The van der Waals surface area contributed by atoms with Gasteiger partial charge in [-0.3, -0.25) is 4.79 Å². The first-order chi connectivity index (χ1) is 9.88. The molecular formula is C15H12F3NOS. The Balaban J connectivity index is 2.00. The lowest BCUT2D eigenvalue weighted by Gasteiger charge is -2.09. The number of thiol groups is 1. The molecule has 0 radical (unpaired) electrons. The normalized spacial score (nSPS) is 11.2. The smallest absolute Gasteiger partial charge is 0.348 e. The van der Waals surface area contributed by atoms with Gasteiger partial charge in [-0.05, 0) is 29.8 Å². The van der Waals surface area contributed by atoms with Gasteiger partial charge in [-0.2, -0.15) is 13.2 Å².